The highest BCUT2D eigenvalue weighted by Gasteiger charge is 2.54. The molecule has 1 atom stereocenters. The van der Waals surface area contributed by atoms with Crippen molar-refractivity contribution in [3.63, 3.8) is 0 Å². The van der Waals surface area contributed by atoms with Gasteiger partial charge in [-0.15, -0.1) is 0 Å². The van der Waals surface area contributed by atoms with Crippen molar-refractivity contribution in [3.8, 4) is 11.3 Å². The average Bonchev–Trinajstić information content (AvgIpc) is 3.10. The molecule has 0 aliphatic carbocycles. The average molecular weight is 452 g/mol. The SMILES string of the molecule is CCC(O)(/C(N)=C/N(N)Cc1ccn2c(-c3ccc(F)cc3)c(CO)cc2c1)C(F)(F)F. The van der Waals surface area contributed by atoms with Gasteiger partial charge in [-0.25, -0.2) is 10.2 Å². The normalized spacial score (nSPS) is 14.6. The Morgan fingerprint density at radius 2 is 1.81 bits per heavy atom. The fourth-order valence-electron chi connectivity index (χ4n) is 3.54. The van der Waals surface area contributed by atoms with E-state index in [9.17, 15) is 27.8 Å². The molecular formula is C22H24F4N4O2. The zero-order chi connectivity index (χ0) is 23.7. The zero-order valence-electron chi connectivity index (χ0n) is 17.3. The second-order valence-corrected chi connectivity index (χ2v) is 7.48. The summed E-state index contributed by atoms with van der Waals surface area (Å²) in [5.41, 5.74) is 4.94. The highest BCUT2D eigenvalue weighted by Crippen LogP contribution is 2.37. The molecule has 0 aliphatic rings. The highest BCUT2D eigenvalue weighted by atomic mass is 19.4. The number of pyridine rings is 1. The third kappa shape index (κ3) is 4.43. The molecule has 1 unspecified atom stereocenters. The minimum atomic E-state index is -4.94. The smallest absolute Gasteiger partial charge is 0.398 e. The Morgan fingerprint density at radius 1 is 1.16 bits per heavy atom. The number of hydrazine groups is 1. The van der Waals surface area contributed by atoms with Gasteiger partial charge in [0.05, 0.1) is 24.5 Å². The van der Waals surface area contributed by atoms with E-state index in [0.29, 0.717) is 27.9 Å². The van der Waals surface area contributed by atoms with Crippen LogP contribution in [0, 0.1) is 5.82 Å². The first-order valence-corrected chi connectivity index (χ1v) is 9.78. The van der Waals surface area contributed by atoms with E-state index >= 15 is 0 Å². The molecule has 0 amide bonds. The van der Waals surface area contributed by atoms with Crippen LogP contribution in [0.1, 0.15) is 24.5 Å². The Bertz CT molecular complexity index is 1130. The number of hydrogen-bond acceptors (Lipinski definition) is 5. The minimum Gasteiger partial charge on any atom is -0.398 e. The summed E-state index contributed by atoms with van der Waals surface area (Å²) in [6.07, 6.45) is -3.01. The van der Waals surface area contributed by atoms with Crippen LogP contribution in [0.5, 0.6) is 0 Å². The molecule has 0 radical (unpaired) electrons. The van der Waals surface area contributed by atoms with Crippen LogP contribution in [-0.4, -0.2) is 31.4 Å². The van der Waals surface area contributed by atoms with Crippen molar-refractivity contribution < 1.29 is 27.8 Å². The molecule has 0 saturated carbocycles. The van der Waals surface area contributed by atoms with Crippen LogP contribution in [0.3, 0.4) is 0 Å². The number of nitrogens with two attached hydrogens (primary N) is 2. The molecule has 10 heteroatoms. The van der Waals surface area contributed by atoms with Crippen LogP contribution in [0.2, 0.25) is 0 Å². The lowest BCUT2D eigenvalue weighted by atomic mass is 9.96. The van der Waals surface area contributed by atoms with E-state index in [1.54, 1.807) is 36.5 Å². The molecule has 3 aromatic rings. The Balaban J connectivity index is 1.90. The molecule has 2 aromatic heterocycles. The largest absolute Gasteiger partial charge is 0.422 e. The highest BCUT2D eigenvalue weighted by molar-refractivity contribution is 5.72. The van der Waals surface area contributed by atoms with Gasteiger partial charge in [0.15, 0.2) is 0 Å². The number of alkyl halides is 3. The van der Waals surface area contributed by atoms with Gasteiger partial charge in [0.2, 0.25) is 5.60 Å². The number of benzene rings is 1. The first-order chi connectivity index (χ1) is 15.0. The second-order valence-electron chi connectivity index (χ2n) is 7.48. The third-order valence-corrected chi connectivity index (χ3v) is 5.33. The molecule has 0 aliphatic heterocycles. The van der Waals surface area contributed by atoms with E-state index in [4.69, 9.17) is 11.6 Å². The Hall–Kier alpha value is -3.08. The van der Waals surface area contributed by atoms with Crippen molar-refractivity contribution >= 4 is 5.52 Å². The summed E-state index contributed by atoms with van der Waals surface area (Å²) < 4.78 is 54.6. The molecule has 0 fully saturated rings. The Morgan fingerprint density at radius 3 is 2.38 bits per heavy atom. The van der Waals surface area contributed by atoms with E-state index in [2.05, 4.69) is 0 Å². The number of halogens is 4. The van der Waals surface area contributed by atoms with Crippen LogP contribution >= 0.6 is 0 Å². The first kappa shape index (κ1) is 23.6. The number of aliphatic hydroxyl groups excluding tert-OH is 1. The van der Waals surface area contributed by atoms with Crippen LogP contribution in [-0.2, 0) is 13.2 Å². The second kappa shape index (κ2) is 8.81. The third-order valence-electron chi connectivity index (χ3n) is 5.33. The van der Waals surface area contributed by atoms with Crippen molar-refractivity contribution in [3.05, 3.63) is 77.5 Å². The Kier molecular flexibility index (Phi) is 6.49. The number of nitrogens with zero attached hydrogens (tertiary/aromatic N) is 2. The van der Waals surface area contributed by atoms with Crippen LogP contribution < -0.4 is 11.6 Å². The minimum absolute atomic E-state index is 0.0143. The molecule has 6 nitrogen and oxygen atoms in total. The van der Waals surface area contributed by atoms with Gasteiger partial charge in [0, 0.05) is 23.5 Å². The summed E-state index contributed by atoms with van der Waals surface area (Å²) in [7, 11) is 0. The van der Waals surface area contributed by atoms with Crippen molar-refractivity contribution in [2.75, 3.05) is 0 Å². The molecule has 0 bridgehead atoms. The van der Waals surface area contributed by atoms with Crippen LogP contribution in [0.25, 0.3) is 16.8 Å². The van der Waals surface area contributed by atoms with E-state index < -0.39 is 23.9 Å². The maximum atomic E-state index is 13.3. The van der Waals surface area contributed by atoms with E-state index in [1.807, 2.05) is 4.40 Å². The molecule has 0 spiro atoms. The van der Waals surface area contributed by atoms with Gasteiger partial charge in [-0.05, 0) is 60.0 Å². The summed E-state index contributed by atoms with van der Waals surface area (Å²) in [5.74, 6) is 5.45. The zero-order valence-corrected chi connectivity index (χ0v) is 17.3. The molecule has 2 heterocycles. The lowest BCUT2D eigenvalue weighted by Gasteiger charge is -2.30. The topological polar surface area (TPSA) is 100 Å². The lowest BCUT2D eigenvalue weighted by Crippen LogP contribution is -2.49. The summed E-state index contributed by atoms with van der Waals surface area (Å²) >= 11 is 0. The number of aliphatic hydroxyl groups is 2. The van der Waals surface area contributed by atoms with E-state index in [0.717, 1.165) is 11.2 Å². The number of rotatable bonds is 7. The van der Waals surface area contributed by atoms with Gasteiger partial charge in [-0.1, -0.05) is 6.92 Å². The molecular weight excluding hydrogens is 428 g/mol. The van der Waals surface area contributed by atoms with Gasteiger partial charge in [-0.3, -0.25) is 0 Å². The lowest BCUT2D eigenvalue weighted by molar-refractivity contribution is -0.245. The van der Waals surface area contributed by atoms with Crippen LogP contribution in [0.4, 0.5) is 17.6 Å². The molecule has 172 valence electrons. The van der Waals surface area contributed by atoms with Crippen molar-refractivity contribution in [1.29, 1.82) is 0 Å². The molecule has 1 aromatic carbocycles. The van der Waals surface area contributed by atoms with E-state index in [1.165, 1.54) is 19.1 Å². The number of aromatic nitrogens is 1. The predicted molar refractivity (Wildman–Crippen MR) is 112 cm³/mol. The summed E-state index contributed by atoms with van der Waals surface area (Å²) in [4.78, 5) is 0. The standard InChI is InChI=1S/C22H24F4N4O2/c1-2-21(32,22(24,25)26)19(27)12-29(28)11-14-7-8-30-18(9-14)10-16(13-31)20(30)15-3-5-17(23)6-4-15/h3-10,12,31-32H,2,11,13,27-28H2,1H3/b19-12-. The molecule has 6 N–H and O–H groups in total. The molecule has 0 saturated heterocycles. The maximum Gasteiger partial charge on any atom is 0.422 e. The fourth-order valence-corrected chi connectivity index (χ4v) is 3.54. The molecule has 3 rings (SSSR count). The monoisotopic (exact) mass is 452 g/mol. The van der Waals surface area contributed by atoms with Crippen molar-refractivity contribution in [1.82, 2.24) is 9.41 Å². The maximum absolute atomic E-state index is 13.3. The number of fused-ring (bicyclic) bond motifs is 1. The fraction of sp³-hybridized carbons (Fsp3) is 0.273. The first-order valence-electron chi connectivity index (χ1n) is 9.78. The Labute approximate surface area is 181 Å². The number of hydrogen-bond donors (Lipinski definition) is 4. The van der Waals surface area contributed by atoms with Crippen molar-refractivity contribution in [2.24, 2.45) is 11.6 Å². The van der Waals surface area contributed by atoms with Crippen molar-refractivity contribution in [2.45, 2.75) is 38.3 Å². The molecule has 32 heavy (non-hydrogen) atoms. The van der Waals surface area contributed by atoms with Gasteiger partial charge >= 0.3 is 6.18 Å². The summed E-state index contributed by atoms with van der Waals surface area (Å²) in [5, 5.41) is 20.6. The van der Waals surface area contributed by atoms with Crippen LogP contribution in [0.15, 0.2) is 60.6 Å². The van der Waals surface area contributed by atoms with Gasteiger partial charge in [-0.2, -0.15) is 13.2 Å². The summed E-state index contributed by atoms with van der Waals surface area (Å²) in [6.45, 7) is 0.951. The predicted octanol–water partition coefficient (Wildman–Crippen LogP) is 3.42. The van der Waals surface area contributed by atoms with E-state index in [-0.39, 0.29) is 19.0 Å². The van der Waals surface area contributed by atoms with Gasteiger partial charge in [0.25, 0.3) is 0 Å². The van der Waals surface area contributed by atoms with Gasteiger partial charge in [0.1, 0.15) is 5.82 Å². The quantitative estimate of drug-likeness (QED) is 0.250. The van der Waals surface area contributed by atoms with Gasteiger partial charge < -0.3 is 25.4 Å². The summed E-state index contributed by atoms with van der Waals surface area (Å²) in [6, 6.07) is 11.1.